The number of benzene rings is 3. The number of amides is 4. The molecule has 5 rings (SSSR count). The normalized spacial score (nSPS) is 14.6. The summed E-state index contributed by atoms with van der Waals surface area (Å²) in [5, 5.41) is 3.26. The topological polar surface area (TPSA) is 96.0 Å². The Hall–Kier alpha value is -4.17. The number of fused-ring (bicyclic) bond motifs is 2. The predicted octanol–water partition coefficient (Wildman–Crippen LogP) is 3.50. The van der Waals surface area contributed by atoms with Gasteiger partial charge in [0.25, 0.3) is 17.7 Å². The summed E-state index contributed by atoms with van der Waals surface area (Å²) in [4.78, 5) is 52.8. The van der Waals surface area contributed by atoms with Crippen molar-refractivity contribution in [3.63, 3.8) is 0 Å². The van der Waals surface area contributed by atoms with E-state index in [1.807, 2.05) is 6.07 Å². The van der Waals surface area contributed by atoms with Gasteiger partial charge in [0.05, 0.1) is 23.4 Å². The van der Waals surface area contributed by atoms with Crippen LogP contribution in [0, 0.1) is 0 Å². The van der Waals surface area contributed by atoms with Crippen LogP contribution in [-0.4, -0.2) is 41.7 Å². The minimum absolute atomic E-state index is 0.0982. The van der Waals surface area contributed by atoms with Crippen molar-refractivity contribution in [3.8, 4) is 5.75 Å². The number of hydrogen-bond donors (Lipinski definition) is 1. The van der Waals surface area contributed by atoms with Gasteiger partial charge in [-0.2, -0.15) is 0 Å². The SMILES string of the molecule is O=C(CN1C(=O)c2ccccc2C1=O)Nc1ccc2c(c1)N(Cc1cccc(Cl)c1)C(=O)CO2. The van der Waals surface area contributed by atoms with Gasteiger partial charge in [0.2, 0.25) is 5.91 Å². The van der Waals surface area contributed by atoms with Crippen molar-refractivity contribution >= 4 is 46.6 Å². The summed E-state index contributed by atoms with van der Waals surface area (Å²) >= 11 is 6.07. The maximum Gasteiger partial charge on any atom is 0.265 e. The number of nitrogens with one attached hydrogen (secondary N) is 1. The van der Waals surface area contributed by atoms with E-state index in [4.69, 9.17) is 16.3 Å². The number of ether oxygens (including phenoxy) is 1. The van der Waals surface area contributed by atoms with Crippen LogP contribution in [0.15, 0.2) is 66.7 Å². The fraction of sp³-hybridized carbons (Fsp3) is 0.120. The van der Waals surface area contributed by atoms with Gasteiger partial charge in [-0.05, 0) is 48.0 Å². The van der Waals surface area contributed by atoms with Gasteiger partial charge in [0.1, 0.15) is 12.3 Å². The second-order valence-electron chi connectivity index (χ2n) is 7.87. The molecule has 0 fully saturated rings. The van der Waals surface area contributed by atoms with E-state index in [9.17, 15) is 19.2 Å². The molecule has 2 aliphatic rings. The quantitative estimate of drug-likeness (QED) is 0.570. The molecule has 0 spiro atoms. The molecular formula is C25H18ClN3O5. The van der Waals surface area contributed by atoms with E-state index >= 15 is 0 Å². The summed E-state index contributed by atoms with van der Waals surface area (Å²) in [5.41, 5.74) is 2.29. The Kier molecular flexibility index (Phi) is 5.51. The van der Waals surface area contributed by atoms with Crippen LogP contribution in [0.5, 0.6) is 5.75 Å². The van der Waals surface area contributed by atoms with E-state index in [0.29, 0.717) is 22.1 Å². The van der Waals surface area contributed by atoms with E-state index in [2.05, 4.69) is 5.32 Å². The lowest BCUT2D eigenvalue weighted by atomic mass is 10.1. The fourth-order valence-corrected chi connectivity index (χ4v) is 4.21. The standard InChI is InChI=1S/C25H18ClN3O5/c26-16-5-3-4-15(10-16)12-28-20-11-17(8-9-21(20)34-14-23(28)31)27-22(30)13-29-24(32)18-6-1-2-7-19(18)25(29)33/h1-11H,12-14H2,(H,27,30). The Morgan fingerprint density at radius 3 is 2.35 bits per heavy atom. The highest BCUT2D eigenvalue weighted by molar-refractivity contribution is 6.30. The second kappa shape index (κ2) is 8.64. The van der Waals surface area contributed by atoms with Crippen LogP contribution < -0.4 is 15.0 Å². The maximum atomic E-state index is 12.7. The van der Waals surface area contributed by atoms with Crippen LogP contribution in [0.25, 0.3) is 0 Å². The molecule has 34 heavy (non-hydrogen) atoms. The molecule has 0 saturated carbocycles. The number of imide groups is 1. The van der Waals surface area contributed by atoms with Crippen molar-refractivity contribution in [2.24, 2.45) is 0 Å². The average Bonchev–Trinajstić information content (AvgIpc) is 3.06. The molecule has 8 nitrogen and oxygen atoms in total. The van der Waals surface area contributed by atoms with Crippen molar-refractivity contribution in [2.75, 3.05) is 23.4 Å². The highest BCUT2D eigenvalue weighted by atomic mass is 35.5. The van der Waals surface area contributed by atoms with Gasteiger partial charge >= 0.3 is 0 Å². The molecule has 0 unspecified atom stereocenters. The van der Waals surface area contributed by atoms with Gasteiger partial charge in [-0.25, -0.2) is 0 Å². The number of anilines is 2. The third-order valence-corrected chi connectivity index (χ3v) is 5.83. The van der Waals surface area contributed by atoms with Gasteiger partial charge in [-0.3, -0.25) is 24.1 Å². The molecule has 170 valence electrons. The Bertz CT molecular complexity index is 1320. The molecule has 0 bridgehead atoms. The smallest absolute Gasteiger partial charge is 0.265 e. The number of carbonyl (C=O) groups excluding carboxylic acids is 4. The number of hydrogen-bond acceptors (Lipinski definition) is 5. The zero-order valence-electron chi connectivity index (χ0n) is 17.8. The molecule has 1 N–H and O–H groups in total. The van der Waals surface area contributed by atoms with E-state index in [1.165, 1.54) is 0 Å². The van der Waals surface area contributed by atoms with Crippen molar-refractivity contribution in [1.82, 2.24) is 4.90 Å². The zero-order chi connectivity index (χ0) is 23.8. The Morgan fingerprint density at radius 1 is 0.912 bits per heavy atom. The van der Waals surface area contributed by atoms with Crippen LogP contribution in [0.3, 0.4) is 0 Å². The third kappa shape index (κ3) is 3.99. The third-order valence-electron chi connectivity index (χ3n) is 5.60. The number of halogens is 1. The van der Waals surface area contributed by atoms with Crippen LogP contribution in [0.1, 0.15) is 26.3 Å². The first-order valence-electron chi connectivity index (χ1n) is 10.5. The monoisotopic (exact) mass is 475 g/mol. The summed E-state index contributed by atoms with van der Waals surface area (Å²) in [5.74, 6) is -1.29. The first-order chi connectivity index (χ1) is 16.4. The highest BCUT2D eigenvalue weighted by Gasteiger charge is 2.36. The molecule has 4 amide bonds. The highest BCUT2D eigenvalue weighted by Crippen LogP contribution is 2.35. The lowest BCUT2D eigenvalue weighted by molar-refractivity contribution is -0.121. The zero-order valence-corrected chi connectivity index (χ0v) is 18.5. The molecule has 3 aromatic rings. The number of carbonyl (C=O) groups is 4. The predicted molar refractivity (Wildman–Crippen MR) is 125 cm³/mol. The minimum atomic E-state index is -0.543. The lowest BCUT2D eigenvalue weighted by Gasteiger charge is -2.30. The molecule has 2 heterocycles. The molecule has 0 radical (unpaired) electrons. The summed E-state index contributed by atoms with van der Waals surface area (Å²) < 4.78 is 5.53. The van der Waals surface area contributed by atoms with Crippen molar-refractivity contribution < 1.29 is 23.9 Å². The van der Waals surface area contributed by atoms with E-state index in [1.54, 1.807) is 65.6 Å². The minimum Gasteiger partial charge on any atom is -0.482 e. The first kappa shape index (κ1) is 21.7. The Labute approximate surface area is 199 Å². The molecule has 0 aromatic heterocycles. The molecule has 9 heteroatoms. The van der Waals surface area contributed by atoms with Crippen LogP contribution in [-0.2, 0) is 16.1 Å². The number of nitrogens with zero attached hydrogens (tertiary/aromatic N) is 2. The van der Waals surface area contributed by atoms with Crippen molar-refractivity contribution in [3.05, 3.63) is 88.4 Å². The van der Waals surface area contributed by atoms with E-state index in [-0.39, 0.29) is 30.2 Å². The maximum absolute atomic E-state index is 12.7. The van der Waals surface area contributed by atoms with Gasteiger partial charge in [-0.1, -0.05) is 35.9 Å². The summed E-state index contributed by atoms with van der Waals surface area (Å²) in [6, 6.07) is 18.6. The van der Waals surface area contributed by atoms with Gasteiger partial charge in [-0.15, -0.1) is 0 Å². The van der Waals surface area contributed by atoms with Crippen LogP contribution in [0.4, 0.5) is 11.4 Å². The fourth-order valence-electron chi connectivity index (χ4n) is 4.00. The molecular weight excluding hydrogens is 458 g/mol. The largest absolute Gasteiger partial charge is 0.482 e. The van der Waals surface area contributed by atoms with Crippen molar-refractivity contribution in [2.45, 2.75) is 6.54 Å². The molecule has 0 atom stereocenters. The Balaban J connectivity index is 1.33. The molecule has 0 saturated heterocycles. The van der Waals surface area contributed by atoms with E-state index < -0.39 is 24.3 Å². The van der Waals surface area contributed by atoms with Gasteiger partial charge in [0.15, 0.2) is 6.61 Å². The van der Waals surface area contributed by atoms with Crippen LogP contribution >= 0.6 is 11.6 Å². The molecule has 2 aliphatic heterocycles. The summed E-state index contributed by atoms with van der Waals surface area (Å²) in [7, 11) is 0. The average molecular weight is 476 g/mol. The summed E-state index contributed by atoms with van der Waals surface area (Å²) in [6.45, 7) is -0.244. The van der Waals surface area contributed by atoms with Gasteiger partial charge < -0.3 is 15.0 Å². The second-order valence-corrected chi connectivity index (χ2v) is 8.31. The van der Waals surface area contributed by atoms with Crippen molar-refractivity contribution in [1.29, 1.82) is 0 Å². The summed E-state index contributed by atoms with van der Waals surface area (Å²) in [6.07, 6.45) is 0. The van der Waals surface area contributed by atoms with Gasteiger partial charge in [0, 0.05) is 10.7 Å². The van der Waals surface area contributed by atoms with E-state index in [0.717, 1.165) is 10.5 Å². The first-order valence-corrected chi connectivity index (χ1v) is 10.9. The molecule has 0 aliphatic carbocycles. The van der Waals surface area contributed by atoms with Crippen LogP contribution in [0.2, 0.25) is 5.02 Å². The number of rotatable bonds is 5. The molecule has 3 aromatic carbocycles. The Morgan fingerprint density at radius 2 is 1.65 bits per heavy atom. The lowest BCUT2D eigenvalue weighted by Crippen LogP contribution is -2.38.